The Morgan fingerprint density at radius 2 is 1.85 bits per heavy atom. The van der Waals surface area contributed by atoms with Crippen LogP contribution in [0.5, 0.6) is 0 Å². The SMILES string of the molecule is CN(C)/C=C/C(=O)c1c(-c2ccc(C(F)(F)F)cc2)nn2ncccc12. The highest BCUT2D eigenvalue weighted by molar-refractivity contribution is 6.13. The molecular weight excluding hydrogens is 345 g/mol. The lowest BCUT2D eigenvalue weighted by atomic mass is 10.0. The number of ketones is 1. The maximum absolute atomic E-state index is 12.8. The van der Waals surface area contributed by atoms with E-state index in [2.05, 4.69) is 10.2 Å². The van der Waals surface area contributed by atoms with Crippen LogP contribution in [0.25, 0.3) is 16.8 Å². The van der Waals surface area contributed by atoms with Crippen LogP contribution in [0, 0.1) is 0 Å². The summed E-state index contributed by atoms with van der Waals surface area (Å²) in [5.74, 6) is -0.309. The van der Waals surface area contributed by atoms with Crippen molar-refractivity contribution in [2.45, 2.75) is 6.18 Å². The number of hydrogen-bond donors (Lipinski definition) is 0. The topological polar surface area (TPSA) is 50.5 Å². The van der Waals surface area contributed by atoms with Crippen molar-refractivity contribution in [1.82, 2.24) is 19.7 Å². The molecule has 0 aliphatic rings. The summed E-state index contributed by atoms with van der Waals surface area (Å²) in [5.41, 5.74) is 0.700. The molecule has 0 unspecified atom stereocenters. The molecule has 0 aliphatic carbocycles. The highest BCUT2D eigenvalue weighted by Crippen LogP contribution is 2.32. The van der Waals surface area contributed by atoms with Gasteiger partial charge in [-0.15, -0.1) is 5.10 Å². The number of nitrogens with zero attached hydrogens (tertiary/aromatic N) is 4. The molecule has 0 saturated heterocycles. The second kappa shape index (κ2) is 6.62. The molecule has 5 nitrogen and oxygen atoms in total. The van der Waals surface area contributed by atoms with E-state index in [9.17, 15) is 18.0 Å². The van der Waals surface area contributed by atoms with Crippen molar-refractivity contribution in [1.29, 1.82) is 0 Å². The lowest BCUT2D eigenvalue weighted by Crippen LogP contribution is -2.05. The number of fused-ring (bicyclic) bond motifs is 1. The average Bonchev–Trinajstić information content (AvgIpc) is 2.98. The van der Waals surface area contributed by atoms with Crippen molar-refractivity contribution in [2.24, 2.45) is 0 Å². The van der Waals surface area contributed by atoms with Gasteiger partial charge in [-0.1, -0.05) is 12.1 Å². The number of halogens is 3. The van der Waals surface area contributed by atoms with Gasteiger partial charge in [0.1, 0.15) is 5.69 Å². The van der Waals surface area contributed by atoms with Gasteiger partial charge in [0.15, 0.2) is 5.78 Å². The first-order chi connectivity index (χ1) is 12.3. The van der Waals surface area contributed by atoms with Crippen molar-refractivity contribution >= 4 is 11.3 Å². The van der Waals surface area contributed by atoms with E-state index in [1.165, 1.54) is 29.0 Å². The Labute approximate surface area is 147 Å². The van der Waals surface area contributed by atoms with Crippen LogP contribution in [0.4, 0.5) is 13.2 Å². The monoisotopic (exact) mass is 360 g/mol. The molecule has 2 heterocycles. The summed E-state index contributed by atoms with van der Waals surface area (Å²) in [6.45, 7) is 0. The van der Waals surface area contributed by atoms with E-state index in [0.717, 1.165) is 12.1 Å². The molecule has 0 fully saturated rings. The third-order valence-electron chi connectivity index (χ3n) is 3.68. The molecule has 26 heavy (non-hydrogen) atoms. The summed E-state index contributed by atoms with van der Waals surface area (Å²) in [7, 11) is 3.55. The normalized spacial score (nSPS) is 12.0. The average molecular weight is 360 g/mol. The van der Waals surface area contributed by atoms with Gasteiger partial charge in [0, 0.05) is 38.1 Å². The van der Waals surface area contributed by atoms with E-state index < -0.39 is 11.7 Å². The largest absolute Gasteiger partial charge is 0.416 e. The second-order valence-corrected chi connectivity index (χ2v) is 5.84. The van der Waals surface area contributed by atoms with Crippen LogP contribution in [0.2, 0.25) is 0 Å². The Balaban J connectivity index is 2.13. The van der Waals surface area contributed by atoms with Gasteiger partial charge < -0.3 is 4.90 Å². The van der Waals surface area contributed by atoms with Crippen LogP contribution in [0.3, 0.4) is 0 Å². The lowest BCUT2D eigenvalue weighted by Gasteiger charge is -2.07. The van der Waals surface area contributed by atoms with Crippen molar-refractivity contribution in [3.05, 3.63) is 66.0 Å². The molecule has 0 radical (unpaired) electrons. The van der Waals surface area contributed by atoms with Crippen molar-refractivity contribution in [3.63, 3.8) is 0 Å². The van der Waals surface area contributed by atoms with Crippen molar-refractivity contribution in [3.8, 4) is 11.3 Å². The fraction of sp³-hybridized carbons (Fsp3) is 0.167. The van der Waals surface area contributed by atoms with Gasteiger partial charge in [-0.25, -0.2) is 0 Å². The number of carbonyl (C=O) groups excluding carboxylic acids is 1. The Morgan fingerprint density at radius 3 is 2.46 bits per heavy atom. The molecule has 134 valence electrons. The minimum atomic E-state index is -4.42. The molecule has 3 rings (SSSR count). The fourth-order valence-corrected chi connectivity index (χ4v) is 2.46. The Bertz CT molecular complexity index is 972. The number of carbonyl (C=O) groups is 1. The summed E-state index contributed by atoms with van der Waals surface area (Å²) in [6, 6.07) is 7.89. The van der Waals surface area contributed by atoms with Gasteiger partial charge in [-0.3, -0.25) is 4.79 Å². The van der Waals surface area contributed by atoms with Crippen LogP contribution in [-0.4, -0.2) is 39.6 Å². The summed E-state index contributed by atoms with van der Waals surface area (Å²) in [6.07, 6.45) is 0.0723. The Hall–Kier alpha value is -3.16. The van der Waals surface area contributed by atoms with Gasteiger partial charge >= 0.3 is 6.18 Å². The maximum Gasteiger partial charge on any atom is 0.416 e. The molecule has 8 heteroatoms. The van der Waals surface area contributed by atoms with E-state index in [0.29, 0.717) is 11.1 Å². The van der Waals surface area contributed by atoms with Gasteiger partial charge in [0.2, 0.25) is 0 Å². The van der Waals surface area contributed by atoms with Crippen molar-refractivity contribution in [2.75, 3.05) is 14.1 Å². The molecule has 0 amide bonds. The molecule has 0 bridgehead atoms. The number of alkyl halides is 3. The zero-order valence-corrected chi connectivity index (χ0v) is 14.0. The van der Waals surface area contributed by atoms with E-state index in [1.807, 2.05) is 0 Å². The number of benzene rings is 1. The minimum absolute atomic E-state index is 0.283. The van der Waals surface area contributed by atoms with Gasteiger partial charge in [0.25, 0.3) is 0 Å². The number of allylic oxidation sites excluding steroid dienone is 1. The molecule has 1 aromatic carbocycles. The molecule has 0 N–H and O–H groups in total. The fourth-order valence-electron chi connectivity index (χ4n) is 2.46. The molecule has 0 aliphatic heterocycles. The van der Waals surface area contributed by atoms with Crippen LogP contribution in [-0.2, 0) is 6.18 Å². The van der Waals surface area contributed by atoms with Gasteiger partial charge in [0.05, 0.1) is 16.6 Å². The number of aromatic nitrogens is 3. The van der Waals surface area contributed by atoms with E-state index in [4.69, 9.17) is 0 Å². The van der Waals surface area contributed by atoms with Gasteiger partial charge in [-0.2, -0.15) is 22.9 Å². The highest BCUT2D eigenvalue weighted by atomic mass is 19.4. The van der Waals surface area contributed by atoms with Crippen LogP contribution in [0.1, 0.15) is 15.9 Å². The molecule has 0 spiro atoms. The third-order valence-corrected chi connectivity index (χ3v) is 3.68. The first kappa shape index (κ1) is 17.7. The molecule has 0 atom stereocenters. The predicted molar refractivity (Wildman–Crippen MR) is 90.6 cm³/mol. The molecule has 2 aromatic heterocycles. The Kier molecular flexibility index (Phi) is 4.50. The van der Waals surface area contributed by atoms with Gasteiger partial charge in [-0.05, 0) is 24.3 Å². The molecule has 3 aromatic rings. The van der Waals surface area contributed by atoms with E-state index in [-0.39, 0.29) is 17.0 Å². The third kappa shape index (κ3) is 3.44. The summed E-state index contributed by atoms with van der Waals surface area (Å²) >= 11 is 0. The van der Waals surface area contributed by atoms with Crippen LogP contribution >= 0.6 is 0 Å². The zero-order valence-electron chi connectivity index (χ0n) is 14.0. The minimum Gasteiger partial charge on any atom is -0.383 e. The second-order valence-electron chi connectivity index (χ2n) is 5.84. The van der Waals surface area contributed by atoms with Crippen LogP contribution in [0.15, 0.2) is 54.9 Å². The summed E-state index contributed by atoms with van der Waals surface area (Å²) < 4.78 is 39.6. The smallest absolute Gasteiger partial charge is 0.383 e. The predicted octanol–water partition coefficient (Wildman–Crippen LogP) is 3.67. The summed E-state index contributed by atoms with van der Waals surface area (Å²) in [4.78, 5) is 14.4. The Morgan fingerprint density at radius 1 is 1.15 bits per heavy atom. The van der Waals surface area contributed by atoms with Crippen LogP contribution < -0.4 is 0 Å². The quantitative estimate of drug-likeness (QED) is 0.526. The number of rotatable bonds is 4. The lowest BCUT2D eigenvalue weighted by molar-refractivity contribution is -0.137. The highest BCUT2D eigenvalue weighted by Gasteiger charge is 2.30. The molecular formula is C18H15F3N4O. The summed E-state index contributed by atoms with van der Waals surface area (Å²) in [5, 5.41) is 8.34. The van der Waals surface area contributed by atoms with E-state index in [1.54, 1.807) is 37.3 Å². The van der Waals surface area contributed by atoms with Crippen molar-refractivity contribution < 1.29 is 18.0 Å². The molecule has 0 saturated carbocycles. The first-order valence-corrected chi connectivity index (χ1v) is 7.68. The zero-order chi connectivity index (χ0) is 18.9. The van der Waals surface area contributed by atoms with E-state index >= 15 is 0 Å². The standard InChI is InChI=1S/C18H15F3N4O/c1-24(2)11-9-15(26)16-14-4-3-10-22-25(14)23-17(16)12-5-7-13(8-6-12)18(19,20)21/h3-11H,1-2H3/b11-9+. The number of hydrogen-bond acceptors (Lipinski definition) is 4. The maximum atomic E-state index is 12.8. The first-order valence-electron chi connectivity index (χ1n) is 7.68.